The monoisotopic (exact) mass is 566 g/mol. The highest BCUT2D eigenvalue weighted by atomic mass is 32.1. The van der Waals surface area contributed by atoms with Gasteiger partial charge in [-0.2, -0.15) is 0 Å². The SMILES string of the molecule is CCCCCCOc1ccc(/C=C/C(=O)Nc2sc(C)c(-c3ccc([N+](=O)[O-])cc3)c2C(=O)OCC)cc1OC. The standard InChI is InChI=1S/C30H34N2O7S/c1-5-7-8-9-18-39-24-16-10-21(19-25(24)37-4)11-17-26(33)31-29-28(30(34)38-6-2)27(20(3)40-29)22-12-14-23(15-13-22)32(35)36/h10-17,19H,5-9,18H2,1-4H3,(H,31,33)/b17-11+. The molecule has 3 aromatic rings. The number of nitrogens with zero attached hydrogens (tertiary/aromatic N) is 1. The Morgan fingerprint density at radius 2 is 1.80 bits per heavy atom. The van der Waals surface area contributed by atoms with Crippen molar-refractivity contribution in [3.8, 4) is 22.6 Å². The van der Waals surface area contributed by atoms with E-state index in [-0.39, 0.29) is 17.9 Å². The Hall–Kier alpha value is -4.18. The number of methoxy groups -OCH3 is 1. The van der Waals surface area contributed by atoms with E-state index < -0.39 is 16.8 Å². The van der Waals surface area contributed by atoms with Crippen LogP contribution in [-0.2, 0) is 9.53 Å². The van der Waals surface area contributed by atoms with Crippen molar-refractivity contribution in [2.24, 2.45) is 0 Å². The normalized spacial score (nSPS) is 10.9. The molecule has 1 N–H and O–H groups in total. The summed E-state index contributed by atoms with van der Waals surface area (Å²) in [7, 11) is 1.57. The summed E-state index contributed by atoms with van der Waals surface area (Å²) in [5, 5.41) is 14.2. The molecule has 1 heterocycles. The van der Waals surface area contributed by atoms with Crippen LogP contribution in [0.5, 0.6) is 11.5 Å². The maximum Gasteiger partial charge on any atom is 0.341 e. The largest absolute Gasteiger partial charge is 0.493 e. The molecule has 0 aliphatic heterocycles. The zero-order valence-electron chi connectivity index (χ0n) is 23.2. The van der Waals surface area contributed by atoms with Crippen LogP contribution >= 0.6 is 11.3 Å². The molecule has 0 bridgehead atoms. The molecular weight excluding hydrogens is 532 g/mol. The minimum absolute atomic E-state index is 0.0591. The Bertz CT molecular complexity index is 1360. The fraction of sp³-hybridized carbons (Fsp3) is 0.333. The summed E-state index contributed by atoms with van der Waals surface area (Å²) in [6.45, 7) is 6.44. The van der Waals surface area contributed by atoms with Crippen LogP contribution in [0.1, 0.15) is 60.3 Å². The van der Waals surface area contributed by atoms with Gasteiger partial charge in [0.25, 0.3) is 5.69 Å². The van der Waals surface area contributed by atoms with Crippen LogP contribution in [0.2, 0.25) is 0 Å². The highest BCUT2D eigenvalue weighted by molar-refractivity contribution is 7.17. The molecule has 9 nitrogen and oxygen atoms in total. The molecule has 0 spiro atoms. The van der Waals surface area contributed by atoms with Crippen molar-refractivity contribution >= 4 is 40.0 Å². The molecule has 0 aliphatic rings. The number of ether oxygens (including phenoxy) is 3. The number of nitrogens with one attached hydrogen (secondary N) is 1. The van der Waals surface area contributed by atoms with Gasteiger partial charge in [0, 0.05) is 28.6 Å². The van der Waals surface area contributed by atoms with Crippen LogP contribution in [-0.4, -0.2) is 37.1 Å². The molecule has 2 aromatic carbocycles. The maximum atomic E-state index is 12.9. The number of benzene rings is 2. The second-order valence-corrected chi connectivity index (χ2v) is 10.1. The first-order chi connectivity index (χ1) is 19.3. The number of carbonyl (C=O) groups excluding carboxylic acids is 2. The minimum Gasteiger partial charge on any atom is -0.493 e. The molecule has 0 unspecified atom stereocenters. The van der Waals surface area contributed by atoms with Gasteiger partial charge >= 0.3 is 5.97 Å². The lowest BCUT2D eigenvalue weighted by Crippen LogP contribution is -2.12. The number of esters is 1. The third-order valence-corrected chi connectivity index (χ3v) is 7.06. The summed E-state index contributed by atoms with van der Waals surface area (Å²) in [6, 6.07) is 11.3. The van der Waals surface area contributed by atoms with Crippen molar-refractivity contribution in [1.82, 2.24) is 0 Å². The van der Waals surface area contributed by atoms with Crippen molar-refractivity contribution in [3.63, 3.8) is 0 Å². The summed E-state index contributed by atoms with van der Waals surface area (Å²) in [4.78, 5) is 37.1. The van der Waals surface area contributed by atoms with Crippen molar-refractivity contribution in [2.75, 3.05) is 25.6 Å². The van der Waals surface area contributed by atoms with E-state index in [1.807, 2.05) is 19.1 Å². The number of amides is 1. The number of nitro benzene ring substituents is 1. The number of anilines is 1. The molecule has 1 aromatic heterocycles. The third kappa shape index (κ3) is 7.92. The highest BCUT2D eigenvalue weighted by Crippen LogP contribution is 2.41. The molecule has 0 radical (unpaired) electrons. The molecule has 3 rings (SSSR count). The predicted octanol–water partition coefficient (Wildman–Crippen LogP) is 7.43. The molecule has 10 heteroatoms. The molecule has 0 saturated heterocycles. The van der Waals surface area contributed by atoms with Crippen molar-refractivity contribution in [3.05, 3.63) is 74.7 Å². The molecular formula is C30H34N2O7S. The van der Waals surface area contributed by atoms with Crippen LogP contribution in [0.3, 0.4) is 0 Å². The van der Waals surface area contributed by atoms with Gasteiger partial charge in [0.15, 0.2) is 11.5 Å². The zero-order chi connectivity index (χ0) is 29.1. The molecule has 0 aliphatic carbocycles. The van der Waals surface area contributed by atoms with Gasteiger partial charge in [-0.1, -0.05) is 32.3 Å². The fourth-order valence-electron chi connectivity index (χ4n) is 4.07. The van der Waals surface area contributed by atoms with Gasteiger partial charge < -0.3 is 19.5 Å². The average Bonchev–Trinajstić information content (AvgIpc) is 3.27. The van der Waals surface area contributed by atoms with Gasteiger partial charge in [0.2, 0.25) is 5.91 Å². The van der Waals surface area contributed by atoms with E-state index in [2.05, 4.69) is 12.2 Å². The summed E-state index contributed by atoms with van der Waals surface area (Å²) in [5.41, 5.74) is 2.06. The summed E-state index contributed by atoms with van der Waals surface area (Å²) >= 11 is 1.23. The predicted molar refractivity (Wildman–Crippen MR) is 157 cm³/mol. The molecule has 0 saturated carbocycles. The number of hydrogen-bond donors (Lipinski definition) is 1. The number of carbonyl (C=O) groups is 2. The number of thiophene rings is 1. The van der Waals surface area contributed by atoms with E-state index >= 15 is 0 Å². The Balaban J connectivity index is 1.79. The molecule has 0 fully saturated rings. The number of aryl methyl sites for hydroxylation is 1. The first-order valence-electron chi connectivity index (χ1n) is 13.1. The number of non-ortho nitro benzene ring substituents is 1. The fourth-order valence-corrected chi connectivity index (χ4v) is 5.14. The van der Waals surface area contributed by atoms with Crippen LogP contribution < -0.4 is 14.8 Å². The number of hydrogen-bond acceptors (Lipinski definition) is 8. The Kier molecular flexibility index (Phi) is 11.3. The third-order valence-electron chi connectivity index (χ3n) is 6.04. The van der Waals surface area contributed by atoms with Crippen molar-refractivity contribution in [2.45, 2.75) is 46.5 Å². The van der Waals surface area contributed by atoms with Crippen LogP contribution in [0.15, 0.2) is 48.5 Å². The van der Waals surface area contributed by atoms with Gasteiger partial charge in [-0.25, -0.2) is 4.79 Å². The van der Waals surface area contributed by atoms with Crippen LogP contribution in [0.4, 0.5) is 10.7 Å². The van der Waals surface area contributed by atoms with Gasteiger partial charge in [0.1, 0.15) is 10.6 Å². The Labute approximate surface area is 237 Å². The Morgan fingerprint density at radius 3 is 2.45 bits per heavy atom. The van der Waals surface area contributed by atoms with E-state index in [9.17, 15) is 19.7 Å². The van der Waals surface area contributed by atoms with Crippen LogP contribution in [0.25, 0.3) is 17.2 Å². The minimum atomic E-state index is -0.588. The van der Waals surface area contributed by atoms with Gasteiger partial charge in [-0.3, -0.25) is 14.9 Å². The summed E-state index contributed by atoms with van der Waals surface area (Å²) in [5.74, 6) is 0.198. The highest BCUT2D eigenvalue weighted by Gasteiger charge is 2.25. The molecule has 1 amide bonds. The van der Waals surface area contributed by atoms with Gasteiger partial charge in [-0.15, -0.1) is 11.3 Å². The van der Waals surface area contributed by atoms with E-state index in [1.54, 1.807) is 38.3 Å². The van der Waals surface area contributed by atoms with Crippen molar-refractivity contribution < 1.29 is 28.7 Å². The lowest BCUT2D eigenvalue weighted by Gasteiger charge is -2.11. The van der Waals surface area contributed by atoms with E-state index in [0.29, 0.717) is 34.2 Å². The topological polar surface area (TPSA) is 117 Å². The lowest BCUT2D eigenvalue weighted by molar-refractivity contribution is -0.384. The zero-order valence-corrected chi connectivity index (χ0v) is 24.0. The van der Waals surface area contributed by atoms with E-state index in [1.165, 1.54) is 36.0 Å². The summed E-state index contributed by atoms with van der Waals surface area (Å²) < 4.78 is 16.6. The van der Waals surface area contributed by atoms with Crippen LogP contribution in [0, 0.1) is 17.0 Å². The maximum absolute atomic E-state index is 12.9. The first-order valence-corrected chi connectivity index (χ1v) is 14.0. The second kappa shape index (κ2) is 14.8. The molecule has 0 atom stereocenters. The Morgan fingerprint density at radius 1 is 1.05 bits per heavy atom. The van der Waals surface area contributed by atoms with Gasteiger partial charge in [0.05, 0.1) is 25.2 Å². The quantitative estimate of drug-likeness (QED) is 0.0709. The van der Waals surface area contributed by atoms with E-state index in [4.69, 9.17) is 14.2 Å². The summed E-state index contributed by atoms with van der Waals surface area (Å²) in [6.07, 6.45) is 7.44. The second-order valence-electron chi connectivity index (χ2n) is 8.90. The van der Waals surface area contributed by atoms with Gasteiger partial charge in [-0.05, 0) is 61.7 Å². The lowest BCUT2D eigenvalue weighted by atomic mass is 10.0. The molecule has 40 heavy (non-hydrogen) atoms. The average molecular weight is 567 g/mol. The van der Waals surface area contributed by atoms with E-state index in [0.717, 1.165) is 29.7 Å². The smallest absolute Gasteiger partial charge is 0.341 e. The number of nitro groups is 1. The number of unbranched alkanes of at least 4 members (excludes halogenated alkanes) is 3. The van der Waals surface area contributed by atoms with Crippen molar-refractivity contribution in [1.29, 1.82) is 0 Å². The number of rotatable bonds is 14. The molecule has 212 valence electrons. The first kappa shape index (κ1) is 30.4.